The topological polar surface area (TPSA) is 67.9 Å². The molecular formula is C22H29ClN2O4S. The fourth-order valence-corrected chi connectivity index (χ4v) is 3.88. The average Bonchev–Trinajstić information content (AvgIpc) is 3.20. The van der Waals surface area contributed by atoms with Gasteiger partial charge in [-0.15, -0.1) is 11.3 Å². The molecule has 6 nitrogen and oxygen atoms in total. The minimum atomic E-state index is -0.176. The highest BCUT2D eigenvalue weighted by atomic mass is 35.5. The molecule has 164 valence electrons. The number of ketones is 1. The van der Waals surface area contributed by atoms with Gasteiger partial charge >= 0.3 is 0 Å². The number of halogens is 1. The summed E-state index contributed by atoms with van der Waals surface area (Å²) in [6.07, 6.45) is 0.295. The van der Waals surface area contributed by atoms with Crippen LogP contribution in [0.25, 0.3) is 0 Å². The molecule has 0 radical (unpaired) electrons. The van der Waals surface area contributed by atoms with E-state index < -0.39 is 0 Å². The lowest BCUT2D eigenvalue weighted by Crippen LogP contribution is -2.28. The first-order valence-electron chi connectivity index (χ1n) is 10.0. The lowest BCUT2D eigenvalue weighted by Gasteiger charge is -2.19. The van der Waals surface area contributed by atoms with Gasteiger partial charge in [0.2, 0.25) is 5.91 Å². The number of methoxy groups -OCH3 is 1. The standard InChI is InChI=1S/C22H29ClN2O4S/c1-4-25(5-2)12-13-29-18-8-6-16(14-19(18)28-3)15-24-22(27)11-7-17(26)20-9-10-21(23)30-20/h6,8-10,14H,4-5,7,11-13,15H2,1-3H3,(H,24,27). The first-order valence-corrected chi connectivity index (χ1v) is 11.2. The molecule has 0 spiro atoms. The number of likely N-dealkylation sites (N-methyl/N-ethyl adjacent to an activating group) is 1. The van der Waals surface area contributed by atoms with Gasteiger partial charge in [0.25, 0.3) is 0 Å². The normalized spacial score (nSPS) is 10.8. The second-order valence-electron chi connectivity index (χ2n) is 6.66. The third kappa shape index (κ3) is 7.63. The maximum Gasteiger partial charge on any atom is 0.220 e. The van der Waals surface area contributed by atoms with Gasteiger partial charge in [0.15, 0.2) is 17.3 Å². The van der Waals surface area contributed by atoms with E-state index in [0.29, 0.717) is 33.9 Å². The van der Waals surface area contributed by atoms with Crippen LogP contribution in [0.1, 0.15) is 41.9 Å². The molecule has 1 amide bonds. The summed E-state index contributed by atoms with van der Waals surface area (Å²) in [5.74, 6) is 1.06. The Balaban J connectivity index is 1.80. The van der Waals surface area contributed by atoms with E-state index in [0.717, 1.165) is 25.2 Å². The summed E-state index contributed by atoms with van der Waals surface area (Å²) in [4.78, 5) is 27.0. The zero-order chi connectivity index (χ0) is 21.9. The average molecular weight is 453 g/mol. The van der Waals surface area contributed by atoms with Crippen LogP contribution in [0.4, 0.5) is 0 Å². The number of ether oxygens (including phenoxy) is 2. The number of benzene rings is 1. The summed E-state index contributed by atoms with van der Waals surface area (Å²) in [5, 5.41) is 2.84. The van der Waals surface area contributed by atoms with Crippen molar-refractivity contribution in [2.45, 2.75) is 33.2 Å². The van der Waals surface area contributed by atoms with Crippen molar-refractivity contribution in [1.29, 1.82) is 0 Å². The van der Waals surface area contributed by atoms with Crippen LogP contribution >= 0.6 is 22.9 Å². The molecule has 0 atom stereocenters. The minimum absolute atomic E-state index is 0.0741. The van der Waals surface area contributed by atoms with Gasteiger partial charge in [0, 0.05) is 25.9 Å². The van der Waals surface area contributed by atoms with Gasteiger partial charge in [-0.25, -0.2) is 0 Å². The van der Waals surface area contributed by atoms with Crippen LogP contribution in [0.5, 0.6) is 11.5 Å². The highest BCUT2D eigenvalue weighted by Gasteiger charge is 2.12. The van der Waals surface area contributed by atoms with Gasteiger partial charge in [-0.2, -0.15) is 0 Å². The SMILES string of the molecule is CCN(CC)CCOc1ccc(CNC(=O)CCC(=O)c2ccc(Cl)s2)cc1OC. The van der Waals surface area contributed by atoms with Crippen molar-refractivity contribution in [3.8, 4) is 11.5 Å². The zero-order valence-corrected chi connectivity index (χ0v) is 19.3. The minimum Gasteiger partial charge on any atom is -0.493 e. The van der Waals surface area contributed by atoms with Crippen molar-refractivity contribution < 1.29 is 19.1 Å². The third-order valence-corrected chi connectivity index (χ3v) is 5.98. The van der Waals surface area contributed by atoms with Gasteiger partial charge in [0.05, 0.1) is 16.3 Å². The number of nitrogens with one attached hydrogen (secondary N) is 1. The van der Waals surface area contributed by atoms with Crippen molar-refractivity contribution in [3.05, 3.63) is 45.1 Å². The molecule has 1 aromatic carbocycles. The largest absolute Gasteiger partial charge is 0.493 e. The molecule has 2 aromatic rings. The molecule has 0 fully saturated rings. The van der Waals surface area contributed by atoms with Crippen molar-refractivity contribution >= 4 is 34.6 Å². The second-order valence-corrected chi connectivity index (χ2v) is 8.38. The molecule has 0 aliphatic carbocycles. The molecule has 0 aliphatic rings. The third-order valence-electron chi connectivity index (χ3n) is 4.70. The smallest absolute Gasteiger partial charge is 0.220 e. The van der Waals surface area contributed by atoms with Gasteiger partial charge in [-0.3, -0.25) is 9.59 Å². The zero-order valence-electron chi connectivity index (χ0n) is 17.7. The van der Waals surface area contributed by atoms with E-state index in [4.69, 9.17) is 21.1 Å². The quantitative estimate of drug-likeness (QED) is 0.456. The molecule has 8 heteroatoms. The highest BCUT2D eigenvalue weighted by molar-refractivity contribution is 7.18. The Kier molecular flexibility index (Phi) is 10.1. The number of carbonyl (C=O) groups excluding carboxylic acids is 2. The van der Waals surface area contributed by atoms with Crippen LogP contribution < -0.4 is 14.8 Å². The Bertz CT molecular complexity index is 836. The molecule has 0 aliphatic heterocycles. The Hall–Kier alpha value is -2.09. The van der Waals surface area contributed by atoms with Gasteiger partial charge < -0.3 is 19.7 Å². The number of carbonyl (C=O) groups is 2. The number of amides is 1. The number of hydrogen-bond acceptors (Lipinski definition) is 6. The summed E-state index contributed by atoms with van der Waals surface area (Å²) >= 11 is 7.07. The maximum atomic E-state index is 12.1. The number of hydrogen-bond donors (Lipinski definition) is 1. The monoisotopic (exact) mass is 452 g/mol. The van der Waals surface area contributed by atoms with Crippen LogP contribution in [-0.2, 0) is 11.3 Å². The van der Waals surface area contributed by atoms with Gasteiger partial charge in [-0.1, -0.05) is 31.5 Å². The number of nitrogens with zero attached hydrogens (tertiary/aromatic N) is 1. The number of rotatable bonds is 13. The Morgan fingerprint density at radius 3 is 2.50 bits per heavy atom. The predicted octanol–water partition coefficient (Wildman–Crippen LogP) is 4.41. The van der Waals surface area contributed by atoms with Crippen LogP contribution in [0.3, 0.4) is 0 Å². The van der Waals surface area contributed by atoms with E-state index in [-0.39, 0.29) is 24.5 Å². The Morgan fingerprint density at radius 1 is 1.10 bits per heavy atom. The van der Waals surface area contributed by atoms with Crippen LogP contribution in [-0.4, -0.2) is 49.9 Å². The van der Waals surface area contributed by atoms with Gasteiger partial charge in [0.1, 0.15) is 6.61 Å². The molecule has 0 unspecified atom stereocenters. The molecule has 1 aromatic heterocycles. The molecule has 1 heterocycles. The lowest BCUT2D eigenvalue weighted by molar-refractivity contribution is -0.121. The first kappa shape index (κ1) is 24.2. The van der Waals surface area contributed by atoms with Crippen LogP contribution in [0, 0.1) is 0 Å². The van der Waals surface area contributed by atoms with E-state index in [9.17, 15) is 9.59 Å². The molecule has 0 saturated heterocycles. The maximum absolute atomic E-state index is 12.1. The van der Waals surface area contributed by atoms with Crippen LogP contribution in [0.15, 0.2) is 30.3 Å². The first-order chi connectivity index (χ1) is 14.5. The molecule has 1 N–H and O–H groups in total. The summed E-state index contributed by atoms with van der Waals surface area (Å²) in [7, 11) is 1.59. The molecule has 2 rings (SSSR count). The molecule has 0 saturated carbocycles. The van der Waals surface area contributed by atoms with Crippen molar-refractivity contribution in [2.75, 3.05) is 33.4 Å². The summed E-state index contributed by atoms with van der Waals surface area (Å²) in [5.41, 5.74) is 0.896. The molecule has 30 heavy (non-hydrogen) atoms. The van der Waals surface area contributed by atoms with E-state index in [2.05, 4.69) is 24.1 Å². The summed E-state index contributed by atoms with van der Waals surface area (Å²) in [6, 6.07) is 8.97. The highest BCUT2D eigenvalue weighted by Crippen LogP contribution is 2.28. The number of thiophene rings is 1. The second kappa shape index (κ2) is 12.6. The molecular weight excluding hydrogens is 424 g/mol. The fourth-order valence-electron chi connectivity index (χ4n) is 2.87. The molecule has 0 bridgehead atoms. The van der Waals surface area contributed by atoms with E-state index >= 15 is 0 Å². The summed E-state index contributed by atoms with van der Waals surface area (Å²) in [6.45, 7) is 8.02. The van der Waals surface area contributed by atoms with E-state index in [1.807, 2.05) is 18.2 Å². The van der Waals surface area contributed by atoms with E-state index in [1.54, 1.807) is 19.2 Å². The van der Waals surface area contributed by atoms with E-state index in [1.165, 1.54) is 11.3 Å². The fraction of sp³-hybridized carbons (Fsp3) is 0.455. The van der Waals surface area contributed by atoms with Gasteiger partial charge in [-0.05, 0) is 42.9 Å². The number of Topliss-reactive ketones (excluding diaryl/α,β-unsaturated/α-hetero) is 1. The van der Waals surface area contributed by atoms with Crippen molar-refractivity contribution in [1.82, 2.24) is 10.2 Å². The van der Waals surface area contributed by atoms with Crippen LogP contribution in [0.2, 0.25) is 4.34 Å². The summed E-state index contributed by atoms with van der Waals surface area (Å²) < 4.78 is 11.8. The Labute approximate surface area is 187 Å². The lowest BCUT2D eigenvalue weighted by atomic mass is 10.1. The predicted molar refractivity (Wildman–Crippen MR) is 121 cm³/mol. The van der Waals surface area contributed by atoms with Crippen molar-refractivity contribution in [3.63, 3.8) is 0 Å². The Morgan fingerprint density at radius 2 is 1.87 bits per heavy atom. The van der Waals surface area contributed by atoms with Crippen molar-refractivity contribution in [2.24, 2.45) is 0 Å².